The van der Waals surface area contributed by atoms with Crippen molar-refractivity contribution in [1.29, 1.82) is 0 Å². The second kappa shape index (κ2) is 11.9. The van der Waals surface area contributed by atoms with E-state index < -0.39 is 0 Å². The lowest BCUT2D eigenvalue weighted by Gasteiger charge is -2.45. The molecule has 0 amide bonds. The summed E-state index contributed by atoms with van der Waals surface area (Å²) in [5.41, 5.74) is 1.78. The van der Waals surface area contributed by atoms with E-state index in [2.05, 4.69) is 13.8 Å². The molecule has 5 aliphatic carbocycles. The minimum atomic E-state index is 0.887. The van der Waals surface area contributed by atoms with E-state index in [1.54, 1.807) is 44.1 Å². The first kappa shape index (κ1) is 25.4. The molecule has 0 nitrogen and oxygen atoms in total. The summed E-state index contributed by atoms with van der Waals surface area (Å²) in [5, 5.41) is 0. The van der Waals surface area contributed by atoms with Crippen LogP contribution >= 0.6 is 0 Å². The van der Waals surface area contributed by atoms with Crippen molar-refractivity contribution in [1.82, 2.24) is 0 Å². The number of hydrogen-bond acceptors (Lipinski definition) is 0. The molecule has 5 fully saturated rings. The van der Waals surface area contributed by atoms with Gasteiger partial charge in [0.2, 0.25) is 0 Å². The summed E-state index contributed by atoms with van der Waals surface area (Å²) in [5.74, 6) is 10.0. The van der Waals surface area contributed by atoms with Gasteiger partial charge in [-0.1, -0.05) is 90.2 Å². The van der Waals surface area contributed by atoms with Crippen LogP contribution in [0.15, 0.2) is 12.2 Å². The fourth-order valence-corrected chi connectivity index (χ4v) is 10.6. The van der Waals surface area contributed by atoms with Gasteiger partial charge in [-0.05, 0) is 123 Å². The zero-order valence-corrected chi connectivity index (χ0v) is 23.1. The third-order valence-corrected chi connectivity index (χ3v) is 12.3. The van der Waals surface area contributed by atoms with Gasteiger partial charge < -0.3 is 0 Å². The van der Waals surface area contributed by atoms with Gasteiger partial charge in [-0.2, -0.15) is 0 Å². The molecule has 0 radical (unpaired) electrons. The first-order chi connectivity index (χ1) is 16.7. The predicted octanol–water partition coefficient (Wildman–Crippen LogP) is 10.6. The van der Waals surface area contributed by atoms with Crippen molar-refractivity contribution >= 4 is 0 Å². The fourth-order valence-electron chi connectivity index (χ4n) is 10.6. The monoisotopic (exact) mass is 466 g/mol. The lowest BCUT2D eigenvalue weighted by molar-refractivity contribution is 0.0986. The normalized spacial score (nSPS) is 45.8. The molecule has 0 aliphatic heterocycles. The molecule has 0 saturated heterocycles. The van der Waals surface area contributed by atoms with Crippen LogP contribution in [0, 0.1) is 59.2 Å². The van der Waals surface area contributed by atoms with Crippen LogP contribution in [-0.2, 0) is 0 Å². The second-order valence-electron chi connectivity index (χ2n) is 14.2. The summed E-state index contributed by atoms with van der Waals surface area (Å²) >= 11 is 0. The van der Waals surface area contributed by atoms with Crippen LogP contribution in [0.3, 0.4) is 0 Å². The van der Waals surface area contributed by atoms with E-state index in [0.717, 1.165) is 59.2 Å². The van der Waals surface area contributed by atoms with Gasteiger partial charge in [0.25, 0.3) is 0 Å². The van der Waals surface area contributed by atoms with Crippen molar-refractivity contribution in [3.8, 4) is 0 Å². The van der Waals surface area contributed by atoms with Gasteiger partial charge in [-0.15, -0.1) is 0 Å². The van der Waals surface area contributed by atoms with E-state index in [4.69, 9.17) is 6.58 Å². The Hall–Kier alpha value is -0.260. The van der Waals surface area contributed by atoms with Crippen LogP contribution in [0.2, 0.25) is 0 Å². The van der Waals surface area contributed by atoms with E-state index in [1.165, 1.54) is 89.9 Å². The molecule has 0 aromatic carbocycles. The maximum absolute atomic E-state index is 4.99. The quantitative estimate of drug-likeness (QED) is 0.341. The first-order valence-electron chi connectivity index (χ1n) is 16.3. The number of fused-ring (bicyclic) bond motifs is 2. The Labute approximate surface area is 213 Å². The highest BCUT2D eigenvalue weighted by atomic mass is 14.5. The third-order valence-electron chi connectivity index (χ3n) is 12.3. The highest BCUT2D eigenvalue weighted by Gasteiger charge is 2.44. The highest BCUT2D eigenvalue weighted by molar-refractivity contribution is 5.15. The first-order valence-corrected chi connectivity index (χ1v) is 16.3. The van der Waals surface area contributed by atoms with Crippen molar-refractivity contribution in [2.45, 2.75) is 142 Å². The fraction of sp³-hybridized carbons (Fsp3) is 0.941. The molecule has 5 saturated carbocycles. The summed E-state index contributed by atoms with van der Waals surface area (Å²) in [6, 6.07) is 0. The van der Waals surface area contributed by atoms with E-state index in [1.807, 2.05) is 0 Å². The minimum Gasteiger partial charge on any atom is -0.0993 e. The topological polar surface area (TPSA) is 0 Å². The molecule has 34 heavy (non-hydrogen) atoms. The van der Waals surface area contributed by atoms with Crippen molar-refractivity contribution < 1.29 is 0 Å². The van der Waals surface area contributed by atoms with Crippen molar-refractivity contribution in [2.75, 3.05) is 0 Å². The largest absolute Gasteiger partial charge is 0.0993 e. The predicted molar refractivity (Wildman–Crippen MR) is 148 cm³/mol. The van der Waals surface area contributed by atoms with Crippen LogP contribution in [0.1, 0.15) is 142 Å². The van der Waals surface area contributed by atoms with Crippen LogP contribution in [0.5, 0.6) is 0 Å². The molecular weight excluding hydrogens is 408 g/mol. The van der Waals surface area contributed by atoms with Crippen molar-refractivity contribution in [2.24, 2.45) is 59.2 Å². The molecule has 0 bridgehead atoms. The molecule has 10 atom stereocenters. The summed E-state index contributed by atoms with van der Waals surface area (Å²) in [7, 11) is 0. The van der Waals surface area contributed by atoms with Gasteiger partial charge in [0.1, 0.15) is 0 Å². The van der Waals surface area contributed by atoms with Crippen LogP contribution < -0.4 is 0 Å². The van der Waals surface area contributed by atoms with Crippen LogP contribution in [0.25, 0.3) is 0 Å². The summed E-state index contributed by atoms with van der Waals surface area (Å²) in [6.07, 6.45) is 30.4. The van der Waals surface area contributed by atoms with Gasteiger partial charge in [-0.25, -0.2) is 0 Å². The minimum absolute atomic E-state index is 0.887. The van der Waals surface area contributed by atoms with E-state index in [-0.39, 0.29) is 0 Å². The Bertz CT molecular complexity index is 588. The van der Waals surface area contributed by atoms with Gasteiger partial charge >= 0.3 is 0 Å². The Morgan fingerprint density at radius 1 is 0.500 bits per heavy atom. The average molecular weight is 467 g/mol. The van der Waals surface area contributed by atoms with E-state index in [9.17, 15) is 0 Å². The van der Waals surface area contributed by atoms with E-state index >= 15 is 0 Å². The summed E-state index contributed by atoms with van der Waals surface area (Å²) in [6.45, 7) is 9.79. The second-order valence-corrected chi connectivity index (χ2v) is 14.2. The molecule has 5 aliphatic rings. The summed E-state index contributed by atoms with van der Waals surface area (Å²) < 4.78 is 0. The Balaban J connectivity index is 1.23. The molecule has 0 aromatic rings. The zero-order valence-electron chi connectivity index (χ0n) is 23.1. The smallest absolute Gasteiger partial charge is 0.0172 e. The molecule has 10 unspecified atom stereocenters. The standard InChI is InChI=1S/C34H58/c1-4-8-25-10-6-12-29(20-25)31-18-16-27-14-15-28-17-19-32(23-34(28)24(3)33(27)22-31)30-13-7-11-26(21-30)9-5-2/h25-34H,3-23H2,1-2H3. The maximum atomic E-state index is 4.99. The van der Waals surface area contributed by atoms with Crippen molar-refractivity contribution in [3.63, 3.8) is 0 Å². The SMILES string of the molecule is C=C1C2CC(C3CCCC(CCC)C3)CCC2CCC2CCC(C3CCCC(CCC)C3)CC12. The number of hydrogen-bond donors (Lipinski definition) is 0. The highest BCUT2D eigenvalue weighted by Crippen LogP contribution is 2.55. The number of allylic oxidation sites excluding steroid dienone is 1. The molecule has 0 spiro atoms. The molecular formula is C34H58. The Kier molecular flexibility index (Phi) is 8.86. The number of rotatable bonds is 6. The molecule has 0 N–H and O–H groups in total. The third kappa shape index (κ3) is 5.67. The van der Waals surface area contributed by atoms with Gasteiger partial charge in [0, 0.05) is 0 Å². The zero-order chi connectivity index (χ0) is 23.5. The van der Waals surface area contributed by atoms with Gasteiger partial charge in [0.05, 0.1) is 0 Å². The Morgan fingerprint density at radius 3 is 1.29 bits per heavy atom. The lowest BCUT2D eigenvalue weighted by atomic mass is 9.60. The van der Waals surface area contributed by atoms with Crippen molar-refractivity contribution in [3.05, 3.63) is 12.2 Å². The van der Waals surface area contributed by atoms with Crippen LogP contribution in [0.4, 0.5) is 0 Å². The maximum Gasteiger partial charge on any atom is -0.0172 e. The van der Waals surface area contributed by atoms with Gasteiger partial charge in [-0.3, -0.25) is 0 Å². The average Bonchev–Trinajstić information content (AvgIpc) is 3.01. The molecule has 0 aromatic heterocycles. The molecule has 5 rings (SSSR count). The molecule has 0 heterocycles. The summed E-state index contributed by atoms with van der Waals surface area (Å²) in [4.78, 5) is 0. The van der Waals surface area contributed by atoms with Crippen LogP contribution in [-0.4, -0.2) is 0 Å². The molecule has 0 heteroatoms. The van der Waals surface area contributed by atoms with E-state index in [0.29, 0.717) is 0 Å². The lowest BCUT2D eigenvalue weighted by Crippen LogP contribution is -2.35. The Morgan fingerprint density at radius 2 is 0.882 bits per heavy atom. The molecule has 194 valence electrons. The van der Waals surface area contributed by atoms with Gasteiger partial charge in [0.15, 0.2) is 0 Å².